The summed E-state index contributed by atoms with van der Waals surface area (Å²) in [5.41, 5.74) is 0.334. The SMILES string of the molecule is O=[N+]([O-])c1ccccc1-c1nnc(CCCNC2CC2)o1. The molecular formula is C14H16N4O3. The lowest BCUT2D eigenvalue weighted by molar-refractivity contribution is -0.384. The molecule has 0 spiro atoms. The van der Waals surface area contributed by atoms with Gasteiger partial charge in [0.25, 0.3) is 11.6 Å². The maximum atomic E-state index is 11.0. The van der Waals surface area contributed by atoms with Crippen LogP contribution in [-0.4, -0.2) is 27.7 Å². The predicted molar refractivity (Wildman–Crippen MR) is 75.7 cm³/mol. The topological polar surface area (TPSA) is 94.1 Å². The van der Waals surface area contributed by atoms with E-state index in [1.807, 2.05) is 0 Å². The van der Waals surface area contributed by atoms with Gasteiger partial charge in [-0.25, -0.2) is 0 Å². The average Bonchev–Trinajstić information content (AvgIpc) is 3.20. The Morgan fingerprint density at radius 1 is 1.33 bits per heavy atom. The summed E-state index contributed by atoms with van der Waals surface area (Å²) >= 11 is 0. The van der Waals surface area contributed by atoms with Crippen LogP contribution in [0.15, 0.2) is 28.7 Å². The number of aromatic nitrogens is 2. The van der Waals surface area contributed by atoms with E-state index in [4.69, 9.17) is 4.42 Å². The summed E-state index contributed by atoms with van der Waals surface area (Å²) in [5, 5.41) is 22.3. The summed E-state index contributed by atoms with van der Waals surface area (Å²) in [6.07, 6.45) is 4.12. The lowest BCUT2D eigenvalue weighted by Gasteiger charge is -1.99. The van der Waals surface area contributed by atoms with Gasteiger partial charge < -0.3 is 9.73 Å². The summed E-state index contributed by atoms with van der Waals surface area (Å²) in [7, 11) is 0. The Morgan fingerprint density at radius 3 is 2.90 bits per heavy atom. The molecule has 1 saturated carbocycles. The van der Waals surface area contributed by atoms with Crippen LogP contribution in [0.25, 0.3) is 11.5 Å². The largest absolute Gasteiger partial charge is 0.420 e. The number of rotatable bonds is 7. The molecule has 3 rings (SSSR count). The maximum absolute atomic E-state index is 11.0. The second kappa shape index (κ2) is 6.01. The zero-order valence-electron chi connectivity index (χ0n) is 11.5. The van der Waals surface area contributed by atoms with Crippen molar-refractivity contribution in [2.45, 2.75) is 31.7 Å². The van der Waals surface area contributed by atoms with Crippen molar-refractivity contribution < 1.29 is 9.34 Å². The first-order chi connectivity index (χ1) is 10.2. The third-order valence-corrected chi connectivity index (χ3v) is 3.38. The second-order valence-electron chi connectivity index (χ2n) is 5.11. The van der Waals surface area contributed by atoms with Crippen LogP contribution in [0.1, 0.15) is 25.2 Å². The van der Waals surface area contributed by atoms with Gasteiger partial charge in [0.05, 0.1) is 4.92 Å². The highest BCUT2D eigenvalue weighted by atomic mass is 16.6. The summed E-state index contributed by atoms with van der Waals surface area (Å²) in [6, 6.07) is 7.06. The molecule has 0 bridgehead atoms. The fourth-order valence-corrected chi connectivity index (χ4v) is 2.11. The summed E-state index contributed by atoms with van der Waals surface area (Å²) < 4.78 is 5.53. The lowest BCUT2D eigenvalue weighted by atomic mass is 10.2. The molecule has 7 nitrogen and oxygen atoms in total. The van der Waals surface area contributed by atoms with Crippen LogP contribution in [0.3, 0.4) is 0 Å². The molecule has 0 atom stereocenters. The first-order valence-electron chi connectivity index (χ1n) is 7.03. The van der Waals surface area contributed by atoms with E-state index in [9.17, 15) is 10.1 Å². The Balaban J connectivity index is 1.65. The van der Waals surface area contributed by atoms with Crippen molar-refractivity contribution in [3.05, 3.63) is 40.3 Å². The molecule has 1 N–H and O–H groups in total. The van der Waals surface area contributed by atoms with Crippen molar-refractivity contribution in [2.24, 2.45) is 0 Å². The van der Waals surface area contributed by atoms with E-state index in [2.05, 4.69) is 15.5 Å². The second-order valence-corrected chi connectivity index (χ2v) is 5.11. The molecule has 0 unspecified atom stereocenters. The monoisotopic (exact) mass is 288 g/mol. The lowest BCUT2D eigenvalue weighted by Crippen LogP contribution is -2.17. The van der Waals surface area contributed by atoms with Crippen molar-refractivity contribution in [3.63, 3.8) is 0 Å². The third-order valence-electron chi connectivity index (χ3n) is 3.38. The Hall–Kier alpha value is -2.28. The van der Waals surface area contributed by atoms with Crippen LogP contribution in [0.4, 0.5) is 5.69 Å². The molecule has 1 aromatic heterocycles. The van der Waals surface area contributed by atoms with E-state index in [1.54, 1.807) is 18.2 Å². The molecule has 1 aliphatic rings. The zero-order valence-corrected chi connectivity index (χ0v) is 11.5. The zero-order chi connectivity index (χ0) is 14.7. The fraction of sp³-hybridized carbons (Fsp3) is 0.429. The van der Waals surface area contributed by atoms with Crippen LogP contribution < -0.4 is 5.32 Å². The number of para-hydroxylation sites is 1. The van der Waals surface area contributed by atoms with Gasteiger partial charge in [-0.3, -0.25) is 10.1 Å². The van der Waals surface area contributed by atoms with Crippen molar-refractivity contribution in [1.29, 1.82) is 0 Å². The molecule has 7 heteroatoms. The Kier molecular flexibility index (Phi) is 3.92. The minimum atomic E-state index is -0.446. The molecule has 1 heterocycles. The number of nitro groups is 1. The molecule has 1 aromatic carbocycles. The standard InChI is InChI=1S/C14H16N4O3/c19-18(20)12-5-2-1-4-11(12)14-17-16-13(21-14)6-3-9-15-10-7-8-10/h1-2,4-5,10,15H,3,6-9H2. The Bertz CT molecular complexity index is 637. The van der Waals surface area contributed by atoms with Crippen LogP contribution >= 0.6 is 0 Å². The number of aryl methyl sites for hydroxylation is 1. The van der Waals surface area contributed by atoms with Gasteiger partial charge in [0.2, 0.25) is 5.89 Å². The third kappa shape index (κ3) is 3.43. The summed E-state index contributed by atoms with van der Waals surface area (Å²) in [6.45, 7) is 0.924. The van der Waals surface area contributed by atoms with Crippen LogP contribution in [0.5, 0.6) is 0 Å². The molecule has 0 saturated heterocycles. The summed E-state index contributed by atoms with van der Waals surface area (Å²) in [4.78, 5) is 10.5. The highest BCUT2D eigenvalue weighted by molar-refractivity contribution is 5.66. The Labute approximate surface area is 121 Å². The Morgan fingerprint density at radius 2 is 2.14 bits per heavy atom. The number of hydrogen-bond acceptors (Lipinski definition) is 6. The molecule has 0 aliphatic heterocycles. The fourth-order valence-electron chi connectivity index (χ4n) is 2.11. The molecule has 21 heavy (non-hydrogen) atoms. The van der Waals surface area contributed by atoms with Crippen LogP contribution in [0, 0.1) is 10.1 Å². The normalized spacial score (nSPS) is 14.3. The first kappa shape index (κ1) is 13.7. The minimum absolute atomic E-state index is 0.0249. The number of nitrogens with one attached hydrogen (secondary N) is 1. The van der Waals surface area contributed by atoms with E-state index < -0.39 is 4.92 Å². The molecule has 1 aliphatic carbocycles. The van der Waals surface area contributed by atoms with Gasteiger partial charge in [-0.2, -0.15) is 0 Å². The molecule has 110 valence electrons. The van der Waals surface area contributed by atoms with E-state index in [0.29, 0.717) is 23.9 Å². The van der Waals surface area contributed by atoms with Gasteiger partial charge in [-0.15, -0.1) is 10.2 Å². The number of benzene rings is 1. The van der Waals surface area contributed by atoms with Crippen LogP contribution in [0.2, 0.25) is 0 Å². The highest BCUT2D eigenvalue weighted by Crippen LogP contribution is 2.28. The number of hydrogen-bond donors (Lipinski definition) is 1. The summed E-state index contributed by atoms with van der Waals surface area (Å²) in [5.74, 6) is 0.716. The average molecular weight is 288 g/mol. The number of nitrogens with zero attached hydrogens (tertiary/aromatic N) is 3. The van der Waals surface area contributed by atoms with Gasteiger partial charge in [-0.1, -0.05) is 12.1 Å². The molecular weight excluding hydrogens is 272 g/mol. The van der Waals surface area contributed by atoms with Gasteiger partial charge in [0, 0.05) is 18.5 Å². The molecule has 1 fully saturated rings. The predicted octanol–water partition coefficient (Wildman–Crippen LogP) is 2.33. The van der Waals surface area contributed by atoms with Gasteiger partial charge in [0.15, 0.2) is 0 Å². The van der Waals surface area contributed by atoms with Crippen molar-refractivity contribution in [3.8, 4) is 11.5 Å². The molecule has 0 radical (unpaired) electrons. The smallest absolute Gasteiger partial charge is 0.282 e. The van der Waals surface area contributed by atoms with E-state index in [0.717, 1.165) is 13.0 Å². The van der Waals surface area contributed by atoms with E-state index >= 15 is 0 Å². The van der Waals surface area contributed by atoms with Gasteiger partial charge in [0.1, 0.15) is 5.56 Å². The van der Waals surface area contributed by atoms with Crippen molar-refractivity contribution in [2.75, 3.05) is 6.54 Å². The first-order valence-corrected chi connectivity index (χ1v) is 7.03. The van der Waals surface area contributed by atoms with Crippen molar-refractivity contribution >= 4 is 5.69 Å². The molecule has 0 amide bonds. The number of nitro benzene ring substituents is 1. The minimum Gasteiger partial charge on any atom is -0.420 e. The van der Waals surface area contributed by atoms with Gasteiger partial charge in [-0.05, 0) is 31.9 Å². The van der Waals surface area contributed by atoms with E-state index in [1.165, 1.54) is 18.9 Å². The van der Waals surface area contributed by atoms with Crippen LogP contribution in [-0.2, 0) is 6.42 Å². The maximum Gasteiger partial charge on any atom is 0.282 e. The highest BCUT2D eigenvalue weighted by Gasteiger charge is 2.21. The quantitative estimate of drug-likeness (QED) is 0.477. The van der Waals surface area contributed by atoms with E-state index in [-0.39, 0.29) is 11.6 Å². The van der Waals surface area contributed by atoms with Gasteiger partial charge >= 0.3 is 0 Å². The molecule has 2 aromatic rings. The van der Waals surface area contributed by atoms with Crippen molar-refractivity contribution in [1.82, 2.24) is 15.5 Å².